The van der Waals surface area contributed by atoms with Crippen LogP contribution in [0.2, 0.25) is 0 Å². The van der Waals surface area contributed by atoms with Crippen molar-refractivity contribution in [3.63, 3.8) is 0 Å². The third-order valence-corrected chi connectivity index (χ3v) is 3.73. The lowest BCUT2D eigenvalue weighted by Gasteiger charge is -2.30. The molecular weight excluding hydrogens is 288 g/mol. The van der Waals surface area contributed by atoms with E-state index < -0.39 is 0 Å². The second kappa shape index (κ2) is 14.8. The van der Waals surface area contributed by atoms with E-state index in [1.54, 1.807) is 0 Å². The SMILES string of the molecule is CCNC(=NCCCN(C(C)C)C(C)C)NCCCCOCC. The van der Waals surface area contributed by atoms with Crippen LogP contribution in [-0.4, -0.2) is 62.3 Å². The molecule has 0 aromatic rings. The van der Waals surface area contributed by atoms with Crippen LogP contribution in [0.3, 0.4) is 0 Å². The van der Waals surface area contributed by atoms with Gasteiger partial charge in [0.05, 0.1) is 0 Å². The first-order valence-electron chi connectivity index (χ1n) is 9.38. The van der Waals surface area contributed by atoms with E-state index >= 15 is 0 Å². The zero-order valence-corrected chi connectivity index (χ0v) is 16.3. The standard InChI is InChI=1S/C18H40N4O/c1-7-19-18(20-12-9-10-15-23-8-2)21-13-11-14-22(16(3)4)17(5)6/h16-17H,7-15H2,1-6H3,(H2,19,20,21). The Morgan fingerprint density at radius 3 is 2.26 bits per heavy atom. The molecule has 5 heteroatoms. The zero-order valence-electron chi connectivity index (χ0n) is 16.3. The molecule has 0 amide bonds. The minimum absolute atomic E-state index is 0.593. The van der Waals surface area contributed by atoms with Crippen molar-refractivity contribution in [2.75, 3.05) is 39.4 Å². The van der Waals surface area contributed by atoms with Gasteiger partial charge in [0.25, 0.3) is 0 Å². The fourth-order valence-electron chi connectivity index (χ4n) is 2.58. The molecule has 0 aliphatic heterocycles. The Hall–Kier alpha value is -0.810. The number of nitrogens with zero attached hydrogens (tertiary/aromatic N) is 2. The second-order valence-corrected chi connectivity index (χ2v) is 6.37. The van der Waals surface area contributed by atoms with Crippen molar-refractivity contribution in [1.82, 2.24) is 15.5 Å². The molecule has 0 fully saturated rings. The molecule has 0 unspecified atom stereocenters. The van der Waals surface area contributed by atoms with Gasteiger partial charge in [0.1, 0.15) is 0 Å². The molecule has 0 radical (unpaired) electrons. The zero-order chi connectivity index (χ0) is 17.5. The van der Waals surface area contributed by atoms with Crippen molar-refractivity contribution < 1.29 is 4.74 Å². The van der Waals surface area contributed by atoms with Crippen LogP contribution in [-0.2, 0) is 4.74 Å². The van der Waals surface area contributed by atoms with Crippen LogP contribution in [0, 0.1) is 0 Å². The van der Waals surface area contributed by atoms with E-state index in [9.17, 15) is 0 Å². The van der Waals surface area contributed by atoms with Crippen molar-refractivity contribution in [3.8, 4) is 0 Å². The van der Waals surface area contributed by atoms with Crippen LogP contribution in [0.4, 0.5) is 0 Å². The molecule has 0 aromatic carbocycles. The summed E-state index contributed by atoms with van der Waals surface area (Å²) in [5, 5.41) is 6.71. The third kappa shape index (κ3) is 12.3. The lowest BCUT2D eigenvalue weighted by Crippen LogP contribution is -2.39. The molecule has 0 saturated carbocycles. The summed E-state index contributed by atoms with van der Waals surface area (Å²) in [7, 11) is 0. The molecule has 0 rings (SSSR count). The molecule has 0 aliphatic carbocycles. The predicted molar refractivity (Wildman–Crippen MR) is 101 cm³/mol. The number of nitrogens with one attached hydrogen (secondary N) is 2. The van der Waals surface area contributed by atoms with E-state index in [1.807, 2.05) is 6.92 Å². The van der Waals surface area contributed by atoms with Crippen LogP contribution in [0.15, 0.2) is 4.99 Å². The molecule has 0 spiro atoms. The van der Waals surface area contributed by atoms with Crippen molar-refractivity contribution in [2.45, 2.75) is 72.9 Å². The van der Waals surface area contributed by atoms with Crippen molar-refractivity contribution in [2.24, 2.45) is 4.99 Å². The Labute approximate surface area is 144 Å². The van der Waals surface area contributed by atoms with Gasteiger partial charge in [-0.15, -0.1) is 0 Å². The molecule has 0 aromatic heterocycles. The second-order valence-electron chi connectivity index (χ2n) is 6.37. The number of guanidine groups is 1. The Morgan fingerprint density at radius 2 is 1.70 bits per heavy atom. The smallest absolute Gasteiger partial charge is 0.191 e. The quantitative estimate of drug-likeness (QED) is 0.310. The fourth-order valence-corrected chi connectivity index (χ4v) is 2.58. The molecule has 0 bridgehead atoms. The molecular formula is C18H40N4O. The summed E-state index contributed by atoms with van der Waals surface area (Å²) in [5.74, 6) is 0.935. The van der Waals surface area contributed by atoms with E-state index in [4.69, 9.17) is 4.74 Å². The van der Waals surface area contributed by atoms with E-state index in [1.165, 1.54) is 0 Å². The van der Waals surface area contributed by atoms with Gasteiger partial charge in [-0.3, -0.25) is 9.89 Å². The van der Waals surface area contributed by atoms with Crippen molar-refractivity contribution >= 4 is 5.96 Å². The van der Waals surface area contributed by atoms with E-state index in [-0.39, 0.29) is 0 Å². The van der Waals surface area contributed by atoms with E-state index in [0.717, 1.165) is 64.6 Å². The van der Waals surface area contributed by atoms with Crippen LogP contribution >= 0.6 is 0 Å². The van der Waals surface area contributed by atoms with Gasteiger partial charge in [-0.1, -0.05) is 0 Å². The normalized spacial score (nSPS) is 12.5. The maximum atomic E-state index is 5.35. The Bertz CT molecular complexity index is 285. The summed E-state index contributed by atoms with van der Waals surface area (Å²) in [4.78, 5) is 7.19. The first kappa shape index (κ1) is 22.2. The van der Waals surface area contributed by atoms with Gasteiger partial charge in [0.2, 0.25) is 0 Å². The summed E-state index contributed by atoms with van der Waals surface area (Å²) >= 11 is 0. The van der Waals surface area contributed by atoms with E-state index in [0.29, 0.717) is 12.1 Å². The molecule has 0 heterocycles. The third-order valence-electron chi connectivity index (χ3n) is 3.73. The van der Waals surface area contributed by atoms with E-state index in [2.05, 4.69) is 55.1 Å². The first-order chi connectivity index (χ1) is 11.0. The highest BCUT2D eigenvalue weighted by atomic mass is 16.5. The summed E-state index contributed by atoms with van der Waals surface area (Å²) in [6.07, 6.45) is 3.30. The van der Waals surface area contributed by atoms with Crippen molar-refractivity contribution in [1.29, 1.82) is 0 Å². The average Bonchev–Trinajstić information content (AvgIpc) is 2.49. The highest BCUT2D eigenvalue weighted by Crippen LogP contribution is 2.05. The van der Waals surface area contributed by atoms with Crippen molar-refractivity contribution in [3.05, 3.63) is 0 Å². The Kier molecular flexibility index (Phi) is 14.2. The van der Waals surface area contributed by atoms with Gasteiger partial charge in [-0.2, -0.15) is 0 Å². The Balaban J connectivity index is 4.01. The summed E-state index contributed by atoms with van der Waals surface area (Å²) in [6, 6.07) is 1.19. The number of rotatable bonds is 13. The molecule has 2 N–H and O–H groups in total. The number of aliphatic imine (C=N–C) groups is 1. The van der Waals surface area contributed by atoms with Gasteiger partial charge < -0.3 is 15.4 Å². The van der Waals surface area contributed by atoms with Gasteiger partial charge in [0.15, 0.2) is 5.96 Å². The number of unbranched alkanes of at least 4 members (excludes halogenated alkanes) is 1. The largest absolute Gasteiger partial charge is 0.382 e. The average molecular weight is 329 g/mol. The molecule has 5 nitrogen and oxygen atoms in total. The predicted octanol–water partition coefficient (Wildman–Crippen LogP) is 2.87. The maximum Gasteiger partial charge on any atom is 0.191 e. The van der Waals surface area contributed by atoms with Gasteiger partial charge in [0, 0.05) is 51.5 Å². The van der Waals surface area contributed by atoms with Crippen LogP contribution in [0.5, 0.6) is 0 Å². The maximum absolute atomic E-state index is 5.35. The monoisotopic (exact) mass is 328 g/mol. The van der Waals surface area contributed by atoms with Gasteiger partial charge >= 0.3 is 0 Å². The number of ether oxygens (including phenoxy) is 1. The molecule has 0 atom stereocenters. The summed E-state index contributed by atoms with van der Waals surface area (Å²) < 4.78 is 5.35. The molecule has 0 aliphatic rings. The number of hydrogen-bond donors (Lipinski definition) is 2. The lowest BCUT2D eigenvalue weighted by atomic mass is 10.2. The highest BCUT2D eigenvalue weighted by Gasteiger charge is 2.12. The molecule has 23 heavy (non-hydrogen) atoms. The molecule has 138 valence electrons. The number of hydrogen-bond acceptors (Lipinski definition) is 3. The summed E-state index contributed by atoms with van der Waals surface area (Å²) in [6.45, 7) is 18.7. The highest BCUT2D eigenvalue weighted by molar-refractivity contribution is 5.79. The Morgan fingerprint density at radius 1 is 1.00 bits per heavy atom. The van der Waals surface area contributed by atoms with Gasteiger partial charge in [-0.05, 0) is 60.8 Å². The minimum atomic E-state index is 0.593. The lowest BCUT2D eigenvalue weighted by molar-refractivity contribution is 0.143. The minimum Gasteiger partial charge on any atom is -0.382 e. The van der Waals surface area contributed by atoms with Crippen LogP contribution in [0.1, 0.15) is 60.8 Å². The fraction of sp³-hybridized carbons (Fsp3) is 0.944. The molecule has 0 saturated heterocycles. The first-order valence-corrected chi connectivity index (χ1v) is 9.38. The topological polar surface area (TPSA) is 48.9 Å². The summed E-state index contributed by atoms with van der Waals surface area (Å²) in [5.41, 5.74) is 0. The van der Waals surface area contributed by atoms with Crippen LogP contribution < -0.4 is 10.6 Å². The van der Waals surface area contributed by atoms with Crippen LogP contribution in [0.25, 0.3) is 0 Å². The van der Waals surface area contributed by atoms with Gasteiger partial charge in [-0.25, -0.2) is 0 Å².